The lowest BCUT2D eigenvalue weighted by molar-refractivity contribution is 0.426. The van der Waals surface area contributed by atoms with Crippen LogP contribution < -0.4 is 5.32 Å². The number of halogens is 1. The highest BCUT2D eigenvalue weighted by Gasteiger charge is 2.14. The summed E-state index contributed by atoms with van der Waals surface area (Å²) >= 11 is 5.89. The molecule has 0 aromatic heterocycles. The molecule has 0 aliphatic rings. The molecule has 0 heterocycles. The summed E-state index contributed by atoms with van der Waals surface area (Å²) in [5.41, 5.74) is 1.36. The molecule has 1 aromatic carbocycles. The van der Waals surface area contributed by atoms with Crippen molar-refractivity contribution < 1.29 is 0 Å². The van der Waals surface area contributed by atoms with Crippen LogP contribution in [0.15, 0.2) is 24.3 Å². The summed E-state index contributed by atoms with van der Waals surface area (Å²) < 4.78 is 0. The second kappa shape index (κ2) is 6.27. The average Bonchev–Trinajstić information content (AvgIpc) is 2.26. The molecular weight excluding hydrogens is 218 g/mol. The summed E-state index contributed by atoms with van der Waals surface area (Å²) in [6.45, 7) is 9.98. The van der Waals surface area contributed by atoms with Crippen LogP contribution in [-0.4, -0.2) is 12.6 Å². The summed E-state index contributed by atoms with van der Waals surface area (Å²) in [6, 6.07) is 8.74. The topological polar surface area (TPSA) is 12.0 Å². The molecule has 90 valence electrons. The van der Waals surface area contributed by atoms with E-state index < -0.39 is 0 Å². The van der Waals surface area contributed by atoms with E-state index in [2.05, 4.69) is 45.1 Å². The zero-order chi connectivity index (χ0) is 12.1. The molecule has 0 fully saturated rings. The fourth-order valence-electron chi connectivity index (χ4n) is 1.69. The van der Waals surface area contributed by atoms with E-state index in [0.717, 1.165) is 11.6 Å². The van der Waals surface area contributed by atoms with Gasteiger partial charge < -0.3 is 5.32 Å². The first-order chi connectivity index (χ1) is 7.50. The molecule has 1 rings (SSSR count). The van der Waals surface area contributed by atoms with E-state index in [1.807, 2.05) is 12.1 Å². The van der Waals surface area contributed by atoms with Gasteiger partial charge in [0, 0.05) is 11.1 Å². The van der Waals surface area contributed by atoms with Crippen LogP contribution in [0.4, 0.5) is 0 Å². The molecule has 1 nitrogen and oxygen atoms in total. The van der Waals surface area contributed by atoms with Crippen molar-refractivity contribution in [2.24, 2.45) is 5.92 Å². The second-order valence-electron chi connectivity index (χ2n) is 4.88. The first kappa shape index (κ1) is 13.5. The minimum absolute atomic E-state index is 0.555. The molecule has 0 spiro atoms. The molecule has 0 aliphatic heterocycles. The Kier molecular flexibility index (Phi) is 5.30. The van der Waals surface area contributed by atoms with Crippen molar-refractivity contribution in [2.45, 2.75) is 39.7 Å². The van der Waals surface area contributed by atoms with Crippen LogP contribution in [0.1, 0.15) is 39.2 Å². The maximum Gasteiger partial charge on any atom is 0.0406 e. The summed E-state index contributed by atoms with van der Waals surface area (Å²) in [5, 5.41) is 4.29. The molecule has 0 saturated heterocycles. The quantitative estimate of drug-likeness (QED) is 0.817. The highest BCUT2D eigenvalue weighted by atomic mass is 35.5. The molecule has 2 heteroatoms. The van der Waals surface area contributed by atoms with E-state index in [0.29, 0.717) is 17.9 Å². The highest BCUT2D eigenvalue weighted by Crippen LogP contribution is 2.24. The first-order valence-electron chi connectivity index (χ1n) is 5.99. The van der Waals surface area contributed by atoms with Gasteiger partial charge in [-0.25, -0.2) is 0 Å². The van der Waals surface area contributed by atoms with Crippen LogP contribution in [-0.2, 0) is 0 Å². The Bertz CT molecular complexity index is 305. The highest BCUT2D eigenvalue weighted by molar-refractivity contribution is 6.30. The average molecular weight is 240 g/mol. The van der Waals surface area contributed by atoms with Gasteiger partial charge >= 0.3 is 0 Å². The van der Waals surface area contributed by atoms with Crippen LogP contribution in [0.25, 0.3) is 0 Å². The molecule has 2 atom stereocenters. The molecule has 1 N–H and O–H groups in total. The van der Waals surface area contributed by atoms with E-state index >= 15 is 0 Å². The van der Waals surface area contributed by atoms with E-state index in [1.54, 1.807) is 0 Å². The number of hydrogen-bond acceptors (Lipinski definition) is 1. The Morgan fingerprint density at radius 3 is 2.12 bits per heavy atom. The molecule has 1 aromatic rings. The van der Waals surface area contributed by atoms with Gasteiger partial charge in [0.05, 0.1) is 0 Å². The van der Waals surface area contributed by atoms with Gasteiger partial charge in [0.2, 0.25) is 0 Å². The lowest BCUT2D eigenvalue weighted by Gasteiger charge is -2.22. The van der Waals surface area contributed by atoms with Gasteiger partial charge in [0.25, 0.3) is 0 Å². The molecular formula is C14H22ClN. The van der Waals surface area contributed by atoms with Crippen LogP contribution >= 0.6 is 11.6 Å². The second-order valence-corrected chi connectivity index (χ2v) is 5.32. The summed E-state index contributed by atoms with van der Waals surface area (Å²) in [5.74, 6) is 1.19. The van der Waals surface area contributed by atoms with Crippen molar-refractivity contribution in [1.82, 2.24) is 5.32 Å². The van der Waals surface area contributed by atoms with E-state index in [1.165, 1.54) is 5.56 Å². The van der Waals surface area contributed by atoms with Crippen LogP contribution in [0, 0.1) is 5.92 Å². The van der Waals surface area contributed by atoms with Gasteiger partial charge in [0.15, 0.2) is 0 Å². The lowest BCUT2D eigenvalue weighted by Crippen LogP contribution is -2.29. The smallest absolute Gasteiger partial charge is 0.0406 e. The van der Waals surface area contributed by atoms with Crippen LogP contribution in [0.2, 0.25) is 5.02 Å². The number of rotatable bonds is 5. The first-order valence-corrected chi connectivity index (χ1v) is 6.37. The molecule has 16 heavy (non-hydrogen) atoms. The minimum Gasteiger partial charge on any atom is -0.314 e. The molecule has 0 amide bonds. The van der Waals surface area contributed by atoms with Gasteiger partial charge in [-0.05, 0) is 36.1 Å². The van der Waals surface area contributed by atoms with Gasteiger partial charge in [-0.2, -0.15) is 0 Å². The molecule has 0 saturated carbocycles. The standard InChI is InChI=1S/C14H22ClN/c1-10(2)16-9-11(3)12(4)13-5-7-14(15)8-6-13/h5-8,10-12,16H,9H2,1-4H3. The Morgan fingerprint density at radius 1 is 1.06 bits per heavy atom. The predicted octanol–water partition coefficient (Wildman–Crippen LogP) is 4.08. The van der Waals surface area contributed by atoms with Crippen molar-refractivity contribution in [3.63, 3.8) is 0 Å². The predicted molar refractivity (Wildman–Crippen MR) is 72.2 cm³/mol. The maximum atomic E-state index is 5.89. The van der Waals surface area contributed by atoms with Crippen LogP contribution in [0.3, 0.4) is 0 Å². The fraction of sp³-hybridized carbons (Fsp3) is 0.571. The van der Waals surface area contributed by atoms with Gasteiger partial charge in [-0.1, -0.05) is 51.4 Å². The Labute approximate surface area is 104 Å². The third kappa shape index (κ3) is 4.15. The summed E-state index contributed by atoms with van der Waals surface area (Å²) in [7, 11) is 0. The number of nitrogens with one attached hydrogen (secondary N) is 1. The van der Waals surface area contributed by atoms with Gasteiger partial charge in [-0.15, -0.1) is 0 Å². The zero-order valence-electron chi connectivity index (χ0n) is 10.6. The van der Waals surface area contributed by atoms with Gasteiger partial charge in [0.1, 0.15) is 0 Å². The molecule has 0 bridgehead atoms. The van der Waals surface area contributed by atoms with E-state index in [4.69, 9.17) is 11.6 Å². The largest absolute Gasteiger partial charge is 0.314 e. The summed E-state index contributed by atoms with van der Waals surface area (Å²) in [4.78, 5) is 0. The zero-order valence-corrected chi connectivity index (χ0v) is 11.4. The SMILES string of the molecule is CC(C)NCC(C)C(C)c1ccc(Cl)cc1. The van der Waals surface area contributed by atoms with Crippen molar-refractivity contribution >= 4 is 11.6 Å². The van der Waals surface area contributed by atoms with Crippen LogP contribution in [0.5, 0.6) is 0 Å². The van der Waals surface area contributed by atoms with E-state index in [-0.39, 0.29) is 0 Å². The van der Waals surface area contributed by atoms with Crippen molar-refractivity contribution in [1.29, 1.82) is 0 Å². The van der Waals surface area contributed by atoms with Crippen molar-refractivity contribution in [3.8, 4) is 0 Å². The van der Waals surface area contributed by atoms with Crippen molar-refractivity contribution in [3.05, 3.63) is 34.9 Å². The molecule has 0 radical (unpaired) electrons. The van der Waals surface area contributed by atoms with Crippen molar-refractivity contribution in [2.75, 3.05) is 6.54 Å². The normalized spacial score (nSPS) is 15.1. The Morgan fingerprint density at radius 2 is 1.62 bits per heavy atom. The molecule has 0 aliphatic carbocycles. The number of hydrogen-bond donors (Lipinski definition) is 1. The van der Waals surface area contributed by atoms with Gasteiger partial charge in [-0.3, -0.25) is 0 Å². The molecule has 2 unspecified atom stereocenters. The maximum absolute atomic E-state index is 5.89. The lowest BCUT2D eigenvalue weighted by atomic mass is 9.89. The fourth-order valence-corrected chi connectivity index (χ4v) is 1.82. The Hall–Kier alpha value is -0.530. The number of benzene rings is 1. The minimum atomic E-state index is 0.555. The van der Waals surface area contributed by atoms with E-state index in [9.17, 15) is 0 Å². The monoisotopic (exact) mass is 239 g/mol. The Balaban J connectivity index is 2.56. The third-order valence-corrected chi connectivity index (χ3v) is 3.35. The third-order valence-electron chi connectivity index (χ3n) is 3.10. The summed E-state index contributed by atoms with van der Waals surface area (Å²) in [6.07, 6.45) is 0.